The van der Waals surface area contributed by atoms with Crippen LogP contribution in [0.3, 0.4) is 0 Å². The molecule has 0 aromatic carbocycles. The molecular weight excluding hydrogens is 396 g/mol. The fourth-order valence-electron chi connectivity index (χ4n) is 6.90. The van der Waals surface area contributed by atoms with Crippen LogP contribution < -0.4 is 0 Å². The van der Waals surface area contributed by atoms with Crippen LogP contribution >= 0.6 is 15.9 Å². The molecule has 0 spiro atoms. The van der Waals surface area contributed by atoms with Gasteiger partial charge in [0.2, 0.25) is 5.79 Å². The van der Waals surface area contributed by atoms with E-state index >= 15 is 0 Å². The topological polar surface area (TPSA) is 63.6 Å². The van der Waals surface area contributed by atoms with E-state index in [9.17, 15) is 14.7 Å². The zero-order chi connectivity index (χ0) is 18.9. The molecule has 4 rings (SSSR count). The standard InChI is InChI=1S/C21H29BrO4/c1-12(23)26-21(25)18(22)11-17-15-5-4-13-10-14(24)6-8-19(13,2)16(15)7-9-20(17,21)3/h10,15-18,25H,4-9,11H2,1-3H3/t15-,16-,17-,18+,19+,20+,21+/m1/s1. The van der Waals surface area contributed by atoms with Crippen molar-refractivity contribution >= 4 is 27.7 Å². The normalized spacial score (nSPS) is 50.3. The number of hydrogen-bond acceptors (Lipinski definition) is 4. The van der Waals surface area contributed by atoms with Gasteiger partial charge in [0, 0.05) is 18.8 Å². The van der Waals surface area contributed by atoms with Crippen LogP contribution in [0.4, 0.5) is 0 Å². The third-order valence-electron chi connectivity index (χ3n) is 8.35. The van der Waals surface area contributed by atoms with Gasteiger partial charge in [-0.15, -0.1) is 0 Å². The Hall–Kier alpha value is -0.680. The van der Waals surface area contributed by atoms with Crippen molar-refractivity contribution in [3.63, 3.8) is 0 Å². The van der Waals surface area contributed by atoms with Crippen molar-refractivity contribution in [2.45, 2.75) is 76.3 Å². The van der Waals surface area contributed by atoms with Crippen LogP contribution in [-0.2, 0) is 14.3 Å². The SMILES string of the molecule is CC(=O)O[C@@]1(O)[C@@H](Br)C[C@@H]2[C@@H]3CCC4=CC(=O)CC[C@]4(C)[C@@H]3CC[C@@]21C. The highest BCUT2D eigenvalue weighted by molar-refractivity contribution is 9.09. The Morgan fingerprint density at radius 2 is 1.96 bits per heavy atom. The lowest BCUT2D eigenvalue weighted by Gasteiger charge is -2.58. The summed E-state index contributed by atoms with van der Waals surface area (Å²) in [4.78, 5) is 23.4. The lowest BCUT2D eigenvalue weighted by molar-refractivity contribution is -0.260. The Bertz CT molecular complexity index is 687. The number of carbonyl (C=O) groups excluding carboxylic acids is 2. The molecule has 4 aliphatic rings. The van der Waals surface area contributed by atoms with Crippen molar-refractivity contribution in [3.8, 4) is 0 Å². The molecule has 5 heteroatoms. The summed E-state index contributed by atoms with van der Waals surface area (Å²) < 4.78 is 5.52. The molecule has 7 atom stereocenters. The Kier molecular flexibility index (Phi) is 4.24. The van der Waals surface area contributed by atoms with E-state index in [0.29, 0.717) is 24.2 Å². The Morgan fingerprint density at radius 3 is 2.65 bits per heavy atom. The van der Waals surface area contributed by atoms with Gasteiger partial charge < -0.3 is 9.84 Å². The Balaban J connectivity index is 1.69. The van der Waals surface area contributed by atoms with E-state index in [1.54, 1.807) is 0 Å². The second kappa shape index (κ2) is 5.91. The van der Waals surface area contributed by atoms with E-state index in [1.165, 1.54) is 12.5 Å². The van der Waals surface area contributed by atoms with Gasteiger partial charge in [-0.25, -0.2) is 0 Å². The monoisotopic (exact) mass is 424 g/mol. The third-order valence-corrected chi connectivity index (χ3v) is 9.35. The zero-order valence-corrected chi connectivity index (χ0v) is 17.5. The van der Waals surface area contributed by atoms with E-state index in [1.807, 2.05) is 6.08 Å². The van der Waals surface area contributed by atoms with Crippen LogP contribution in [0.1, 0.15) is 65.7 Å². The Morgan fingerprint density at radius 1 is 1.23 bits per heavy atom. The molecule has 0 aromatic rings. The largest absolute Gasteiger partial charge is 0.432 e. The average molecular weight is 425 g/mol. The predicted octanol–water partition coefficient (Wildman–Crippen LogP) is 4.14. The van der Waals surface area contributed by atoms with Crippen LogP contribution in [0.15, 0.2) is 11.6 Å². The van der Waals surface area contributed by atoms with Crippen molar-refractivity contribution in [2.24, 2.45) is 28.6 Å². The number of alkyl halides is 1. The van der Waals surface area contributed by atoms with Gasteiger partial charge in [0.05, 0.1) is 4.83 Å². The summed E-state index contributed by atoms with van der Waals surface area (Å²) in [6.07, 6.45) is 8.27. The number of hydrogen-bond donors (Lipinski definition) is 1. The summed E-state index contributed by atoms with van der Waals surface area (Å²) in [5.74, 6) is -0.198. The molecular formula is C21H29BrO4. The highest BCUT2D eigenvalue weighted by Crippen LogP contribution is 2.68. The van der Waals surface area contributed by atoms with Gasteiger partial charge in [-0.2, -0.15) is 0 Å². The van der Waals surface area contributed by atoms with Gasteiger partial charge in [0.1, 0.15) is 0 Å². The molecule has 4 aliphatic carbocycles. The van der Waals surface area contributed by atoms with E-state index in [-0.39, 0.29) is 16.0 Å². The second-order valence-corrected chi connectivity index (χ2v) is 10.5. The van der Waals surface area contributed by atoms with Gasteiger partial charge in [0.25, 0.3) is 0 Å². The maximum atomic E-state index is 11.9. The number of rotatable bonds is 1. The van der Waals surface area contributed by atoms with Gasteiger partial charge in [0.15, 0.2) is 5.78 Å². The first kappa shape index (κ1) is 18.7. The minimum atomic E-state index is -1.44. The summed E-state index contributed by atoms with van der Waals surface area (Å²) >= 11 is 3.64. The molecule has 144 valence electrons. The highest BCUT2D eigenvalue weighted by atomic mass is 79.9. The molecule has 4 nitrogen and oxygen atoms in total. The number of ketones is 1. The van der Waals surface area contributed by atoms with Crippen molar-refractivity contribution < 1.29 is 19.4 Å². The first-order valence-electron chi connectivity index (χ1n) is 9.92. The molecule has 0 aromatic heterocycles. The number of aliphatic hydroxyl groups is 1. The number of esters is 1. The van der Waals surface area contributed by atoms with Crippen molar-refractivity contribution in [1.82, 2.24) is 0 Å². The second-order valence-electron chi connectivity index (χ2n) is 9.42. The average Bonchev–Trinajstić information content (AvgIpc) is 2.75. The van der Waals surface area contributed by atoms with Gasteiger partial charge in [-0.05, 0) is 67.8 Å². The van der Waals surface area contributed by atoms with Gasteiger partial charge in [-0.1, -0.05) is 35.4 Å². The summed E-state index contributed by atoms with van der Waals surface area (Å²) in [6, 6.07) is 0. The predicted molar refractivity (Wildman–Crippen MR) is 102 cm³/mol. The molecule has 0 bridgehead atoms. The molecule has 3 fully saturated rings. The van der Waals surface area contributed by atoms with Gasteiger partial charge in [-0.3, -0.25) is 9.59 Å². The Labute approximate surface area is 163 Å². The van der Waals surface area contributed by atoms with Crippen molar-refractivity contribution in [2.75, 3.05) is 0 Å². The third kappa shape index (κ3) is 2.35. The zero-order valence-electron chi connectivity index (χ0n) is 15.9. The molecule has 0 aliphatic heterocycles. The first-order chi connectivity index (χ1) is 12.1. The van der Waals surface area contributed by atoms with Crippen molar-refractivity contribution in [1.29, 1.82) is 0 Å². The van der Waals surface area contributed by atoms with Crippen molar-refractivity contribution in [3.05, 3.63) is 11.6 Å². The molecule has 26 heavy (non-hydrogen) atoms. The molecule has 0 radical (unpaired) electrons. The molecule has 1 N–H and O–H groups in total. The van der Waals surface area contributed by atoms with E-state index in [0.717, 1.165) is 38.5 Å². The summed E-state index contributed by atoms with van der Waals surface area (Å²) in [5, 5.41) is 11.4. The first-order valence-corrected chi connectivity index (χ1v) is 10.8. The van der Waals surface area contributed by atoms with Crippen LogP contribution in [-0.4, -0.2) is 27.5 Å². The van der Waals surface area contributed by atoms with Gasteiger partial charge >= 0.3 is 5.97 Å². The van der Waals surface area contributed by atoms with Crippen LogP contribution in [0.5, 0.6) is 0 Å². The van der Waals surface area contributed by atoms with E-state index in [4.69, 9.17) is 4.74 Å². The fraction of sp³-hybridized carbons (Fsp3) is 0.810. The van der Waals surface area contributed by atoms with Crippen LogP contribution in [0.25, 0.3) is 0 Å². The van der Waals surface area contributed by atoms with Crippen LogP contribution in [0, 0.1) is 28.6 Å². The number of fused-ring (bicyclic) bond motifs is 5. The quantitative estimate of drug-likeness (QED) is 0.390. The number of allylic oxidation sites excluding steroid dienone is 1. The molecule has 0 amide bonds. The number of ether oxygens (including phenoxy) is 1. The minimum Gasteiger partial charge on any atom is -0.432 e. The highest BCUT2D eigenvalue weighted by Gasteiger charge is 2.69. The maximum absolute atomic E-state index is 11.9. The van der Waals surface area contributed by atoms with Crippen LogP contribution in [0.2, 0.25) is 0 Å². The number of halogens is 1. The van der Waals surface area contributed by atoms with E-state index in [2.05, 4.69) is 29.8 Å². The maximum Gasteiger partial charge on any atom is 0.305 e. The smallest absolute Gasteiger partial charge is 0.305 e. The minimum absolute atomic E-state index is 0.113. The van der Waals surface area contributed by atoms with E-state index < -0.39 is 17.2 Å². The lowest BCUT2D eigenvalue weighted by Crippen LogP contribution is -2.57. The summed E-state index contributed by atoms with van der Waals surface area (Å²) in [6.45, 7) is 5.83. The molecule has 0 saturated heterocycles. The molecule has 0 unspecified atom stereocenters. The summed E-state index contributed by atoms with van der Waals surface area (Å²) in [7, 11) is 0. The molecule has 3 saturated carbocycles. The lowest BCUT2D eigenvalue weighted by atomic mass is 9.47. The number of carbonyl (C=O) groups is 2. The molecule has 0 heterocycles. The summed E-state index contributed by atoms with van der Waals surface area (Å²) in [5.41, 5.74) is 1.04. The fourth-order valence-corrected chi connectivity index (χ4v) is 7.92.